The summed E-state index contributed by atoms with van der Waals surface area (Å²) in [5.41, 5.74) is -1.41. The van der Waals surface area contributed by atoms with Crippen LogP contribution in [0.15, 0.2) is 0 Å². The molecule has 96 valence electrons. The van der Waals surface area contributed by atoms with Crippen LogP contribution in [0, 0.1) is 30.2 Å². The normalized spacial score (nSPS) is 11.1. The minimum atomic E-state index is -1.39. The van der Waals surface area contributed by atoms with Crippen molar-refractivity contribution in [2.24, 2.45) is 0 Å². The molecule has 1 aromatic rings. The Morgan fingerprint density at radius 2 is 1.41 bits per heavy atom. The van der Waals surface area contributed by atoms with E-state index in [0.717, 1.165) is 6.92 Å². The second-order valence-corrected chi connectivity index (χ2v) is 3.99. The van der Waals surface area contributed by atoms with E-state index in [1.807, 2.05) is 0 Å². The summed E-state index contributed by atoms with van der Waals surface area (Å²) >= 11 is 0. The van der Waals surface area contributed by atoms with Gasteiger partial charge in [-0.3, -0.25) is 0 Å². The van der Waals surface area contributed by atoms with E-state index in [4.69, 9.17) is 0 Å². The standard InChI is InChI=1S/C11H14F4N2/c1-6-7(12)9(14)11(10(15)8(6)13)16-4-5-17(2)3/h16H,4-5H2,1-3H3. The molecular weight excluding hydrogens is 236 g/mol. The van der Waals surface area contributed by atoms with Gasteiger partial charge in [0.25, 0.3) is 0 Å². The van der Waals surface area contributed by atoms with Crippen LogP contribution in [0.4, 0.5) is 23.2 Å². The molecule has 0 radical (unpaired) electrons. The minimum absolute atomic E-state index is 0.183. The fourth-order valence-corrected chi connectivity index (χ4v) is 1.30. The summed E-state index contributed by atoms with van der Waals surface area (Å²) < 4.78 is 53.1. The van der Waals surface area contributed by atoms with Crippen LogP contribution in [0.2, 0.25) is 0 Å². The van der Waals surface area contributed by atoms with Gasteiger partial charge in [-0.1, -0.05) is 0 Å². The highest BCUT2D eigenvalue weighted by Gasteiger charge is 2.22. The molecule has 0 aliphatic heterocycles. The summed E-state index contributed by atoms with van der Waals surface area (Å²) in [6.07, 6.45) is 0. The summed E-state index contributed by atoms with van der Waals surface area (Å²) in [5, 5.41) is 2.35. The third-order valence-corrected chi connectivity index (χ3v) is 2.34. The van der Waals surface area contributed by atoms with E-state index in [2.05, 4.69) is 5.32 Å². The van der Waals surface area contributed by atoms with Gasteiger partial charge in [0.2, 0.25) is 0 Å². The van der Waals surface area contributed by atoms with Crippen LogP contribution in [0.1, 0.15) is 5.56 Å². The number of anilines is 1. The molecule has 0 aromatic heterocycles. The van der Waals surface area contributed by atoms with Crippen LogP contribution >= 0.6 is 0 Å². The van der Waals surface area contributed by atoms with Gasteiger partial charge >= 0.3 is 0 Å². The van der Waals surface area contributed by atoms with Gasteiger partial charge in [0.05, 0.1) is 0 Å². The van der Waals surface area contributed by atoms with Crippen LogP contribution in [-0.2, 0) is 0 Å². The number of halogens is 4. The van der Waals surface area contributed by atoms with Gasteiger partial charge in [-0.15, -0.1) is 0 Å². The van der Waals surface area contributed by atoms with Crippen molar-refractivity contribution < 1.29 is 17.6 Å². The topological polar surface area (TPSA) is 15.3 Å². The van der Waals surface area contributed by atoms with Gasteiger partial charge < -0.3 is 10.2 Å². The fraction of sp³-hybridized carbons (Fsp3) is 0.455. The van der Waals surface area contributed by atoms with Gasteiger partial charge in [0.1, 0.15) is 5.69 Å². The first-order valence-electron chi connectivity index (χ1n) is 5.07. The van der Waals surface area contributed by atoms with E-state index in [1.54, 1.807) is 19.0 Å². The molecule has 0 saturated heterocycles. The lowest BCUT2D eigenvalue weighted by Gasteiger charge is -2.14. The maximum atomic E-state index is 13.4. The second kappa shape index (κ2) is 5.35. The molecular formula is C11H14F4N2. The van der Waals surface area contributed by atoms with E-state index in [9.17, 15) is 17.6 Å². The van der Waals surface area contributed by atoms with Crippen LogP contribution in [0.25, 0.3) is 0 Å². The summed E-state index contributed by atoms with van der Waals surface area (Å²) in [6, 6.07) is 0. The average molecular weight is 250 g/mol. The third-order valence-electron chi connectivity index (χ3n) is 2.34. The Balaban J connectivity index is 2.99. The summed E-state index contributed by atoms with van der Waals surface area (Å²) in [5.74, 6) is -5.51. The zero-order valence-corrected chi connectivity index (χ0v) is 9.87. The predicted octanol–water partition coefficient (Wildman–Crippen LogP) is 2.52. The van der Waals surface area contributed by atoms with Crippen molar-refractivity contribution in [2.75, 3.05) is 32.5 Å². The highest BCUT2D eigenvalue weighted by molar-refractivity contribution is 5.49. The van der Waals surface area contributed by atoms with Crippen molar-refractivity contribution in [3.05, 3.63) is 28.8 Å². The van der Waals surface area contributed by atoms with Crippen molar-refractivity contribution in [3.63, 3.8) is 0 Å². The van der Waals surface area contributed by atoms with Crippen LogP contribution in [0.3, 0.4) is 0 Å². The van der Waals surface area contributed by atoms with E-state index in [-0.39, 0.29) is 6.54 Å². The van der Waals surface area contributed by atoms with Crippen molar-refractivity contribution in [2.45, 2.75) is 6.92 Å². The Kier molecular flexibility index (Phi) is 4.34. The number of hydrogen-bond donors (Lipinski definition) is 1. The molecule has 0 atom stereocenters. The average Bonchev–Trinajstić information content (AvgIpc) is 2.28. The largest absolute Gasteiger partial charge is 0.379 e. The summed E-state index contributed by atoms with van der Waals surface area (Å²) in [7, 11) is 3.54. The maximum absolute atomic E-state index is 13.4. The number of rotatable bonds is 4. The van der Waals surface area contributed by atoms with Gasteiger partial charge in [-0.25, -0.2) is 17.6 Å². The van der Waals surface area contributed by atoms with Crippen LogP contribution in [-0.4, -0.2) is 32.1 Å². The molecule has 0 unspecified atom stereocenters. The first-order chi connectivity index (χ1) is 7.86. The second-order valence-electron chi connectivity index (χ2n) is 3.99. The van der Waals surface area contributed by atoms with E-state index in [1.165, 1.54) is 0 Å². The van der Waals surface area contributed by atoms with Crippen molar-refractivity contribution in [1.82, 2.24) is 4.90 Å². The molecule has 0 aliphatic carbocycles. The Labute approximate surface area is 97.2 Å². The molecule has 17 heavy (non-hydrogen) atoms. The highest BCUT2D eigenvalue weighted by Crippen LogP contribution is 2.27. The molecule has 6 heteroatoms. The number of hydrogen-bond acceptors (Lipinski definition) is 2. The Morgan fingerprint density at radius 1 is 0.941 bits per heavy atom. The fourth-order valence-electron chi connectivity index (χ4n) is 1.30. The summed E-state index contributed by atoms with van der Waals surface area (Å²) in [4.78, 5) is 1.77. The molecule has 0 saturated carbocycles. The quantitative estimate of drug-likeness (QED) is 0.652. The molecule has 0 heterocycles. The maximum Gasteiger partial charge on any atom is 0.185 e. The SMILES string of the molecule is Cc1c(F)c(F)c(NCCN(C)C)c(F)c1F. The van der Waals surface area contributed by atoms with Crippen LogP contribution in [0.5, 0.6) is 0 Å². The first kappa shape index (κ1) is 13.8. The molecule has 2 nitrogen and oxygen atoms in total. The lowest BCUT2D eigenvalue weighted by molar-refractivity contribution is 0.421. The van der Waals surface area contributed by atoms with Gasteiger partial charge in [0, 0.05) is 18.7 Å². The zero-order chi connectivity index (χ0) is 13.2. The summed E-state index contributed by atoms with van der Waals surface area (Å²) in [6.45, 7) is 1.65. The van der Waals surface area contributed by atoms with Gasteiger partial charge in [-0.2, -0.15) is 0 Å². The highest BCUT2D eigenvalue weighted by atomic mass is 19.2. The number of nitrogens with one attached hydrogen (secondary N) is 1. The number of nitrogens with zero attached hydrogens (tertiary/aromatic N) is 1. The lowest BCUT2D eigenvalue weighted by Crippen LogP contribution is -2.22. The minimum Gasteiger partial charge on any atom is -0.379 e. The molecule has 1 rings (SSSR count). The Morgan fingerprint density at radius 3 is 1.82 bits per heavy atom. The monoisotopic (exact) mass is 250 g/mol. The Bertz CT molecular complexity index is 389. The zero-order valence-electron chi connectivity index (χ0n) is 9.87. The molecule has 0 aliphatic rings. The Hall–Kier alpha value is -1.30. The molecule has 0 spiro atoms. The van der Waals surface area contributed by atoms with Gasteiger partial charge in [-0.05, 0) is 21.0 Å². The lowest BCUT2D eigenvalue weighted by atomic mass is 10.1. The third kappa shape index (κ3) is 2.88. The molecule has 1 aromatic carbocycles. The van der Waals surface area contributed by atoms with E-state index >= 15 is 0 Å². The smallest absolute Gasteiger partial charge is 0.185 e. The molecule has 0 fully saturated rings. The van der Waals surface area contributed by atoms with Crippen molar-refractivity contribution in [1.29, 1.82) is 0 Å². The number of benzene rings is 1. The number of likely N-dealkylation sites (N-methyl/N-ethyl adjacent to an activating group) is 1. The molecule has 1 N–H and O–H groups in total. The molecule has 0 bridgehead atoms. The van der Waals surface area contributed by atoms with Crippen molar-refractivity contribution in [3.8, 4) is 0 Å². The van der Waals surface area contributed by atoms with E-state index in [0.29, 0.717) is 6.54 Å². The van der Waals surface area contributed by atoms with Gasteiger partial charge in [0.15, 0.2) is 23.3 Å². The molecule has 0 amide bonds. The predicted molar refractivity (Wildman–Crippen MR) is 58.1 cm³/mol. The van der Waals surface area contributed by atoms with Crippen LogP contribution < -0.4 is 5.32 Å². The van der Waals surface area contributed by atoms with Crippen molar-refractivity contribution >= 4 is 5.69 Å². The van der Waals surface area contributed by atoms with E-state index < -0.39 is 34.5 Å². The first-order valence-corrected chi connectivity index (χ1v) is 5.07.